The third-order valence-electron chi connectivity index (χ3n) is 7.62. The minimum Gasteiger partial charge on any atom is -0.508 e. The molecule has 1 N–H and O–H groups in total. The minimum absolute atomic E-state index is 0.0613. The van der Waals surface area contributed by atoms with Crippen molar-refractivity contribution in [3.8, 4) is 5.75 Å². The normalized spacial score (nSPS) is 16.7. The molecule has 2 nitrogen and oxygen atoms in total. The molecule has 0 aromatic heterocycles. The summed E-state index contributed by atoms with van der Waals surface area (Å²) < 4.78 is 2.63. The van der Waals surface area contributed by atoms with Crippen LogP contribution in [0.3, 0.4) is 0 Å². The molecule has 0 radical (unpaired) electrons. The fourth-order valence-corrected chi connectivity index (χ4v) is 8.03. The number of aryl methyl sites for hydroxylation is 2. The molecule has 3 heteroatoms. The maximum absolute atomic E-state index is 11.3. The highest BCUT2D eigenvalue weighted by atomic mass is 28.3. The third kappa shape index (κ3) is 3.60. The second kappa shape index (κ2) is 7.75. The number of rotatable bonds is 3. The van der Waals surface area contributed by atoms with Crippen LogP contribution in [0.15, 0.2) is 24.3 Å². The SMILES string of the molecule is CN(c1c2c(cc3c1CCCC3)CCCC2)[Si](C)(C)c1cccc(C(C)(C)C)c1O. The topological polar surface area (TPSA) is 23.5 Å². The molecule has 162 valence electrons. The Bertz CT molecular complexity index is 920. The Hall–Kier alpha value is -1.74. The van der Waals surface area contributed by atoms with Gasteiger partial charge in [0.1, 0.15) is 5.75 Å². The number of para-hydroxylation sites is 1. The van der Waals surface area contributed by atoms with Crippen molar-refractivity contribution in [2.45, 2.75) is 90.6 Å². The summed E-state index contributed by atoms with van der Waals surface area (Å²) in [6.45, 7) is 11.4. The first-order chi connectivity index (χ1) is 14.1. The highest BCUT2D eigenvalue weighted by molar-refractivity contribution is 6.93. The summed E-state index contributed by atoms with van der Waals surface area (Å²) >= 11 is 0. The molecule has 0 amide bonds. The first-order valence-corrected chi connectivity index (χ1v) is 14.8. The number of phenolic OH excluding ortho intramolecular Hbond substituents is 1. The van der Waals surface area contributed by atoms with E-state index in [0.29, 0.717) is 5.75 Å². The lowest BCUT2D eigenvalue weighted by molar-refractivity contribution is 0.450. The van der Waals surface area contributed by atoms with E-state index >= 15 is 0 Å². The van der Waals surface area contributed by atoms with Gasteiger partial charge in [0.2, 0.25) is 0 Å². The third-order valence-corrected chi connectivity index (χ3v) is 11.2. The number of nitrogens with zero attached hydrogens (tertiary/aromatic N) is 1. The molecule has 4 rings (SSSR count). The second-order valence-corrected chi connectivity index (χ2v) is 15.3. The maximum atomic E-state index is 11.3. The lowest BCUT2D eigenvalue weighted by Gasteiger charge is -2.41. The summed E-state index contributed by atoms with van der Waals surface area (Å²) in [5.74, 6) is 0.521. The number of hydrogen-bond donors (Lipinski definition) is 1. The van der Waals surface area contributed by atoms with E-state index in [0.717, 1.165) is 10.8 Å². The molecule has 0 saturated carbocycles. The summed E-state index contributed by atoms with van der Waals surface area (Å²) in [5.41, 5.74) is 8.94. The van der Waals surface area contributed by atoms with Gasteiger partial charge in [-0.25, -0.2) is 0 Å². The monoisotopic (exact) mass is 421 g/mol. The lowest BCUT2D eigenvalue weighted by Crippen LogP contribution is -2.57. The first kappa shape index (κ1) is 21.5. The van der Waals surface area contributed by atoms with Crippen molar-refractivity contribution in [3.63, 3.8) is 0 Å². The standard InChI is InChI=1S/C27H39NOSi/c1-27(2,3)23-16-11-17-24(26(23)29)30(5,6)28(4)25-21-14-9-7-12-19(21)18-20-13-8-10-15-22(20)25/h11,16-18,29H,7-10,12-15H2,1-6H3. The summed E-state index contributed by atoms with van der Waals surface area (Å²) in [4.78, 5) is 0. The van der Waals surface area contributed by atoms with Crippen LogP contribution in [0.2, 0.25) is 13.1 Å². The Labute approximate surface area is 184 Å². The average Bonchev–Trinajstić information content (AvgIpc) is 2.70. The zero-order chi connectivity index (χ0) is 21.7. The van der Waals surface area contributed by atoms with E-state index in [2.05, 4.69) is 69.7 Å². The molecule has 0 bridgehead atoms. The molecule has 30 heavy (non-hydrogen) atoms. The van der Waals surface area contributed by atoms with Crippen LogP contribution in [0.4, 0.5) is 5.69 Å². The van der Waals surface area contributed by atoms with Crippen molar-refractivity contribution in [2.75, 3.05) is 11.6 Å². The summed E-state index contributed by atoms with van der Waals surface area (Å²) in [6.07, 6.45) is 10.1. The predicted molar refractivity (Wildman–Crippen MR) is 132 cm³/mol. The molecule has 0 saturated heterocycles. The van der Waals surface area contributed by atoms with Gasteiger partial charge in [-0.15, -0.1) is 0 Å². The van der Waals surface area contributed by atoms with E-state index in [1.807, 2.05) is 0 Å². The van der Waals surface area contributed by atoms with E-state index in [1.165, 1.54) is 57.1 Å². The van der Waals surface area contributed by atoms with Crippen molar-refractivity contribution < 1.29 is 5.11 Å². The van der Waals surface area contributed by atoms with Crippen molar-refractivity contribution in [3.05, 3.63) is 52.1 Å². The van der Waals surface area contributed by atoms with Crippen LogP contribution in [-0.2, 0) is 31.1 Å². The number of aromatic hydroxyl groups is 1. The minimum atomic E-state index is -2.11. The van der Waals surface area contributed by atoms with Gasteiger partial charge in [0.25, 0.3) is 0 Å². The maximum Gasteiger partial charge on any atom is 0.185 e. The number of hydrogen-bond acceptors (Lipinski definition) is 2. The Kier molecular flexibility index (Phi) is 5.55. The van der Waals surface area contributed by atoms with Gasteiger partial charge >= 0.3 is 0 Å². The van der Waals surface area contributed by atoms with Crippen LogP contribution < -0.4 is 9.75 Å². The molecule has 0 spiro atoms. The van der Waals surface area contributed by atoms with Gasteiger partial charge in [0, 0.05) is 10.9 Å². The van der Waals surface area contributed by atoms with Crippen LogP contribution in [-0.4, -0.2) is 20.4 Å². The van der Waals surface area contributed by atoms with Crippen LogP contribution in [0, 0.1) is 0 Å². The van der Waals surface area contributed by atoms with Crippen molar-refractivity contribution in [1.29, 1.82) is 0 Å². The zero-order valence-corrected chi connectivity index (χ0v) is 20.9. The fourth-order valence-electron chi connectivity index (χ4n) is 5.62. The summed E-state index contributed by atoms with van der Waals surface area (Å²) in [7, 11) is 0.200. The fraction of sp³-hybridized carbons (Fsp3) is 0.556. The Morgan fingerprint density at radius 1 is 0.867 bits per heavy atom. The summed E-state index contributed by atoms with van der Waals surface area (Å²) in [5, 5.41) is 12.5. The molecule has 2 aromatic carbocycles. The van der Waals surface area contributed by atoms with Gasteiger partial charge in [-0.1, -0.05) is 45.0 Å². The van der Waals surface area contributed by atoms with Crippen LogP contribution in [0.1, 0.15) is 74.3 Å². The zero-order valence-electron chi connectivity index (χ0n) is 19.9. The van der Waals surface area contributed by atoms with Gasteiger partial charge in [0.05, 0.1) is 0 Å². The molecule has 0 heterocycles. The van der Waals surface area contributed by atoms with E-state index in [9.17, 15) is 5.11 Å². The first-order valence-electron chi connectivity index (χ1n) is 11.9. The molecule has 2 aliphatic rings. The highest BCUT2D eigenvalue weighted by Crippen LogP contribution is 2.41. The van der Waals surface area contributed by atoms with Crippen LogP contribution >= 0.6 is 0 Å². The van der Waals surface area contributed by atoms with Crippen molar-refractivity contribution in [1.82, 2.24) is 0 Å². The van der Waals surface area contributed by atoms with E-state index in [1.54, 1.807) is 22.3 Å². The van der Waals surface area contributed by atoms with Gasteiger partial charge in [0.15, 0.2) is 8.24 Å². The van der Waals surface area contributed by atoms with E-state index in [-0.39, 0.29) is 5.41 Å². The number of fused-ring (bicyclic) bond motifs is 2. The van der Waals surface area contributed by atoms with E-state index in [4.69, 9.17) is 0 Å². The second-order valence-electron chi connectivity index (χ2n) is 11.0. The molecule has 2 aromatic rings. The molecular weight excluding hydrogens is 382 g/mol. The highest BCUT2D eigenvalue weighted by Gasteiger charge is 2.37. The average molecular weight is 422 g/mol. The Morgan fingerprint density at radius 2 is 1.40 bits per heavy atom. The van der Waals surface area contributed by atoms with E-state index < -0.39 is 8.24 Å². The number of anilines is 1. The van der Waals surface area contributed by atoms with Crippen LogP contribution in [0.5, 0.6) is 5.75 Å². The lowest BCUT2D eigenvalue weighted by atomic mass is 9.81. The molecular formula is C27H39NOSi. The largest absolute Gasteiger partial charge is 0.508 e. The van der Waals surface area contributed by atoms with Gasteiger partial charge in [-0.05, 0) is 105 Å². The molecule has 0 unspecified atom stereocenters. The van der Waals surface area contributed by atoms with Gasteiger partial charge in [-0.3, -0.25) is 0 Å². The molecule has 0 aliphatic heterocycles. The molecule has 2 aliphatic carbocycles. The van der Waals surface area contributed by atoms with Gasteiger partial charge in [-0.2, -0.15) is 0 Å². The number of benzene rings is 2. The number of phenols is 1. The molecule has 0 fully saturated rings. The Morgan fingerprint density at radius 3 is 1.93 bits per heavy atom. The predicted octanol–water partition coefficient (Wildman–Crippen LogP) is 6.00. The molecule has 0 atom stereocenters. The van der Waals surface area contributed by atoms with Crippen LogP contribution in [0.25, 0.3) is 0 Å². The van der Waals surface area contributed by atoms with Crippen molar-refractivity contribution in [2.24, 2.45) is 0 Å². The van der Waals surface area contributed by atoms with Gasteiger partial charge < -0.3 is 9.67 Å². The summed E-state index contributed by atoms with van der Waals surface area (Å²) in [6, 6.07) is 8.96. The quantitative estimate of drug-likeness (QED) is 0.615. The van der Waals surface area contributed by atoms with Crippen molar-refractivity contribution >= 4 is 19.1 Å². The Balaban J connectivity index is 1.86. The smallest absolute Gasteiger partial charge is 0.185 e.